The van der Waals surface area contributed by atoms with Gasteiger partial charge in [-0.3, -0.25) is 4.79 Å². The molecule has 0 heterocycles. The van der Waals surface area contributed by atoms with Crippen molar-refractivity contribution in [3.8, 4) is 0 Å². The first-order valence-corrected chi connectivity index (χ1v) is 3.76. The molecule has 66 valence electrons. The van der Waals surface area contributed by atoms with Gasteiger partial charge in [0, 0.05) is 12.1 Å². The SMILES string of the molecule is CC(NC(C)C(C)N)C(N)=O. The molecule has 0 spiro atoms. The van der Waals surface area contributed by atoms with E-state index in [1.54, 1.807) is 6.92 Å². The van der Waals surface area contributed by atoms with Crippen LogP contribution in [0.25, 0.3) is 0 Å². The molecule has 0 aliphatic rings. The maximum Gasteiger partial charge on any atom is 0.234 e. The minimum Gasteiger partial charge on any atom is -0.368 e. The Balaban J connectivity index is 3.75. The third-order valence-corrected chi connectivity index (χ3v) is 1.73. The molecular weight excluding hydrogens is 142 g/mol. The Labute approximate surface area is 67.3 Å². The summed E-state index contributed by atoms with van der Waals surface area (Å²) in [5, 5.41) is 2.98. The molecule has 0 rings (SSSR count). The Hall–Kier alpha value is -0.610. The van der Waals surface area contributed by atoms with Crippen LogP contribution in [0.3, 0.4) is 0 Å². The Kier molecular flexibility index (Phi) is 4.07. The Morgan fingerprint density at radius 1 is 1.36 bits per heavy atom. The van der Waals surface area contributed by atoms with Gasteiger partial charge >= 0.3 is 0 Å². The molecule has 0 bridgehead atoms. The van der Waals surface area contributed by atoms with Gasteiger partial charge in [-0.15, -0.1) is 0 Å². The van der Waals surface area contributed by atoms with Crippen LogP contribution in [-0.4, -0.2) is 24.0 Å². The van der Waals surface area contributed by atoms with Crippen LogP contribution < -0.4 is 16.8 Å². The average molecular weight is 159 g/mol. The van der Waals surface area contributed by atoms with Crippen LogP contribution in [-0.2, 0) is 4.79 Å². The third kappa shape index (κ3) is 3.95. The Bertz CT molecular complexity index is 136. The van der Waals surface area contributed by atoms with Gasteiger partial charge in [0.15, 0.2) is 0 Å². The average Bonchev–Trinajstić information content (AvgIpc) is 1.87. The van der Waals surface area contributed by atoms with Gasteiger partial charge in [-0.2, -0.15) is 0 Å². The fourth-order valence-electron chi connectivity index (χ4n) is 0.628. The standard InChI is InChI=1S/C7H17N3O/c1-4(8)5(2)10-6(3)7(9)11/h4-6,10H,8H2,1-3H3,(H2,9,11). The van der Waals surface area contributed by atoms with Crippen molar-refractivity contribution in [1.29, 1.82) is 0 Å². The molecule has 0 aromatic rings. The van der Waals surface area contributed by atoms with E-state index in [1.807, 2.05) is 13.8 Å². The van der Waals surface area contributed by atoms with Crippen LogP contribution >= 0.6 is 0 Å². The van der Waals surface area contributed by atoms with Crippen LogP contribution in [0.2, 0.25) is 0 Å². The molecule has 0 aliphatic heterocycles. The fourth-order valence-corrected chi connectivity index (χ4v) is 0.628. The van der Waals surface area contributed by atoms with E-state index in [1.165, 1.54) is 0 Å². The van der Waals surface area contributed by atoms with Gasteiger partial charge in [-0.25, -0.2) is 0 Å². The molecule has 4 nitrogen and oxygen atoms in total. The molecule has 0 radical (unpaired) electrons. The summed E-state index contributed by atoms with van der Waals surface area (Å²) < 4.78 is 0. The number of rotatable bonds is 4. The van der Waals surface area contributed by atoms with Crippen LogP contribution in [0.4, 0.5) is 0 Å². The van der Waals surface area contributed by atoms with E-state index >= 15 is 0 Å². The highest BCUT2D eigenvalue weighted by molar-refractivity contribution is 5.79. The molecule has 0 fully saturated rings. The van der Waals surface area contributed by atoms with Crippen LogP contribution in [0.1, 0.15) is 20.8 Å². The largest absolute Gasteiger partial charge is 0.368 e. The minimum atomic E-state index is -0.350. The third-order valence-electron chi connectivity index (χ3n) is 1.73. The van der Waals surface area contributed by atoms with Crippen molar-refractivity contribution < 1.29 is 4.79 Å². The highest BCUT2D eigenvalue weighted by atomic mass is 16.1. The lowest BCUT2D eigenvalue weighted by Crippen LogP contribution is -2.49. The molecule has 3 atom stereocenters. The van der Waals surface area contributed by atoms with Crippen LogP contribution in [0, 0.1) is 0 Å². The Morgan fingerprint density at radius 2 is 1.82 bits per heavy atom. The zero-order valence-electron chi connectivity index (χ0n) is 7.29. The summed E-state index contributed by atoms with van der Waals surface area (Å²) in [6.45, 7) is 5.52. The van der Waals surface area contributed by atoms with E-state index < -0.39 is 0 Å². The molecular formula is C7H17N3O. The van der Waals surface area contributed by atoms with Crippen molar-refractivity contribution in [1.82, 2.24) is 5.32 Å². The van der Waals surface area contributed by atoms with Gasteiger partial charge < -0.3 is 16.8 Å². The summed E-state index contributed by atoms with van der Waals surface area (Å²) in [4.78, 5) is 10.6. The number of primary amides is 1. The monoisotopic (exact) mass is 159 g/mol. The van der Waals surface area contributed by atoms with Gasteiger partial charge in [-0.05, 0) is 20.8 Å². The number of hydrogen-bond acceptors (Lipinski definition) is 3. The summed E-state index contributed by atoms with van der Waals surface area (Å²) in [5.74, 6) is -0.350. The molecule has 0 saturated heterocycles. The predicted octanol–water partition coefficient (Wildman–Crippen LogP) is -0.814. The number of hydrogen-bond donors (Lipinski definition) is 3. The highest BCUT2D eigenvalue weighted by Crippen LogP contribution is 1.90. The number of nitrogens with one attached hydrogen (secondary N) is 1. The topological polar surface area (TPSA) is 81.1 Å². The van der Waals surface area contributed by atoms with E-state index in [0.717, 1.165) is 0 Å². The molecule has 0 saturated carbocycles. The number of nitrogens with two attached hydrogens (primary N) is 2. The van der Waals surface area contributed by atoms with Crippen molar-refractivity contribution in [3.05, 3.63) is 0 Å². The lowest BCUT2D eigenvalue weighted by Gasteiger charge is -2.20. The van der Waals surface area contributed by atoms with Crippen molar-refractivity contribution in [2.75, 3.05) is 0 Å². The number of carbonyl (C=O) groups is 1. The van der Waals surface area contributed by atoms with Gasteiger partial charge in [0.25, 0.3) is 0 Å². The maximum atomic E-state index is 10.6. The van der Waals surface area contributed by atoms with Crippen molar-refractivity contribution >= 4 is 5.91 Å². The smallest absolute Gasteiger partial charge is 0.234 e. The highest BCUT2D eigenvalue weighted by Gasteiger charge is 2.13. The second kappa shape index (κ2) is 4.31. The summed E-state index contributed by atoms with van der Waals surface area (Å²) >= 11 is 0. The quantitative estimate of drug-likeness (QED) is 0.501. The van der Waals surface area contributed by atoms with Crippen LogP contribution in [0.5, 0.6) is 0 Å². The molecule has 4 heteroatoms. The summed E-state index contributed by atoms with van der Waals surface area (Å²) in [7, 11) is 0. The number of amides is 1. The van der Waals surface area contributed by atoms with Gasteiger partial charge in [-0.1, -0.05) is 0 Å². The minimum absolute atomic E-state index is 0.0248. The van der Waals surface area contributed by atoms with E-state index in [2.05, 4.69) is 5.32 Å². The first kappa shape index (κ1) is 10.4. The van der Waals surface area contributed by atoms with E-state index in [0.29, 0.717) is 0 Å². The molecule has 0 aromatic heterocycles. The molecule has 11 heavy (non-hydrogen) atoms. The first-order chi connectivity index (χ1) is 4.95. The lowest BCUT2D eigenvalue weighted by molar-refractivity contribution is -0.119. The normalized spacial score (nSPS) is 18.9. The molecule has 5 N–H and O–H groups in total. The van der Waals surface area contributed by atoms with E-state index in [4.69, 9.17) is 11.5 Å². The lowest BCUT2D eigenvalue weighted by atomic mass is 10.1. The predicted molar refractivity (Wildman–Crippen MR) is 44.9 cm³/mol. The van der Waals surface area contributed by atoms with Gasteiger partial charge in [0.05, 0.1) is 6.04 Å². The first-order valence-electron chi connectivity index (χ1n) is 3.76. The van der Waals surface area contributed by atoms with Gasteiger partial charge in [0.1, 0.15) is 0 Å². The summed E-state index contributed by atoms with van der Waals surface area (Å²) in [6, 6.07) is -0.176. The zero-order chi connectivity index (χ0) is 9.02. The zero-order valence-corrected chi connectivity index (χ0v) is 7.29. The van der Waals surface area contributed by atoms with Crippen molar-refractivity contribution in [2.45, 2.75) is 38.9 Å². The van der Waals surface area contributed by atoms with E-state index in [-0.39, 0.29) is 24.0 Å². The van der Waals surface area contributed by atoms with Crippen molar-refractivity contribution in [3.63, 3.8) is 0 Å². The van der Waals surface area contributed by atoms with Crippen LogP contribution in [0.15, 0.2) is 0 Å². The molecule has 3 unspecified atom stereocenters. The second-order valence-corrected chi connectivity index (χ2v) is 2.94. The second-order valence-electron chi connectivity index (χ2n) is 2.94. The fraction of sp³-hybridized carbons (Fsp3) is 0.857. The summed E-state index contributed by atoms with van der Waals surface area (Å²) in [5.41, 5.74) is 10.6. The van der Waals surface area contributed by atoms with Crippen molar-refractivity contribution in [2.24, 2.45) is 11.5 Å². The molecule has 0 aliphatic carbocycles. The maximum absolute atomic E-state index is 10.6. The molecule has 0 aromatic carbocycles. The molecule has 1 amide bonds. The summed E-state index contributed by atoms with van der Waals surface area (Å²) in [6.07, 6.45) is 0. The number of carbonyl (C=O) groups excluding carboxylic acids is 1. The van der Waals surface area contributed by atoms with E-state index in [9.17, 15) is 4.79 Å². The van der Waals surface area contributed by atoms with Gasteiger partial charge in [0.2, 0.25) is 5.91 Å². The Morgan fingerprint density at radius 3 is 2.09 bits per heavy atom.